The predicted octanol–water partition coefficient (Wildman–Crippen LogP) is 3.25. The van der Waals surface area contributed by atoms with Gasteiger partial charge < -0.3 is 14.8 Å². The van der Waals surface area contributed by atoms with Crippen LogP contribution in [0.2, 0.25) is 0 Å². The molecule has 0 saturated carbocycles. The zero-order valence-corrected chi connectivity index (χ0v) is 14.5. The molecule has 140 valence electrons. The summed E-state index contributed by atoms with van der Waals surface area (Å²) in [6, 6.07) is 6.67. The van der Waals surface area contributed by atoms with Crippen molar-refractivity contribution in [2.45, 2.75) is 39.5 Å². The van der Waals surface area contributed by atoms with Crippen molar-refractivity contribution < 1.29 is 27.8 Å². The van der Waals surface area contributed by atoms with Crippen LogP contribution < -0.4 is 10.1 Å². The van der Waals surface area contributed by atoms with Crippen LogP contribution in [0.25, 0.3) is 0 Å². The van der Waals surface area contributed by atoms with E-state index in [0.717, 1.165) is 0 Å². The van der Waals surface area contributed by atoms with Crippen LogP contribution in [0.1, 0.15) is 37.2 Å². The minimum absolute atomic E-state index is 0.0483. The van der Waals surface area contributed by atoms with Crippen LogP contribution in [-0.2, 0) is 9.53 Å². The van der Waals surface area contributed by atoms with Gasteiger partial charge in [0.25, 0.3) is 5.91 Å². The summed E-state index contributed by atoms with van der Waals surface area (Å²) < 4.78 is 35.1. The van der Waals surface area contributed by atoms with E-state index in [-0.39, 0.29) is 17.4 Å². The number of amides is 1. The zero-order valence-electron chi connectivity index (χ0n) is 14.5. The smallest absolute Gasteiger partial charge is 0.387 e. The Labute approximate surface area is 148 Å². The van der Waals surface area contributed by atoms with Crippen molar-refractivity contribution in [2.75, 3.05) is 5.32 Å². The normalized spacial score (nSPS) is 12.1. The molecule has 1 heterocycles. The minimum atomic E-state index is -2.95. The molecule has 0 spiro atoms. The molecular weight excluding hydrogens is 348 g/mol. The molecule has 9 heteroatoms. The van der Waals surface area contributed by atoms with Gasteiger partial charge in [0.2, 0.25) is 0 Å². The monoisotopic (exact) mass is 367 g/mol. The average molecular weight is 367 g/mol. The molecule has 0 saturated heterocycles. The highest BCUT2D eigenvalue weighted by molar-refractivity contribution is 5.96. The second-order valence-electron chi connectivity index (χ2n) is 5.69. The topological polar surface area (TPSA) is 82.5 Å². The Morgan fingerprint density at radius 2 is 1.77 bits per heavy atom. The van der Waals surface area contributed by atoms with Gasteiger partial charge in [0.1, 0.15) is 11.6 Å². The Balaban J connectivity index is 1.95. The number of carbonyl (C=O) groups excluding carboxylic acids is 2. The Morgan fingerprint density at radius 1 is 1.12 bits per heavy atom. The van der Waals surface area contributed by atoms with E-state index in [1.807, 2.05) is 13.8 Å². The predicted molar refractivity (Wildman–Crippen MR) is 89.2 cm³/mol. The highest BCUT2D eigenvalue weighted by Crippen LogP contribution is 2.17. The molecule has 1 aromatic heterocycles. The van der Waals surface area contributed by atoms with Crippen LogP contribution in [0.3, 0.4) is 0 Å². The molecule has 0 radical (unpaired) electrons. The number of nitrogens with one attached hydrogen (secondary N) is 1. The molecule has 0 aliphatic carbocycles. The van der Waals surface area contributed by atoms with E-state index in [1.165, 1.54) is 31.2 Å². The van der Waals surface area contributed by atoms with Gasteiger partial charge in [-0.15, -0.1) is 0 Å². The number of alkyl halides is 2. The van der Waals surface area contributed by atoms with E-state index in [1.54, 1.807) is 16.9 Å². The molecule has 2 aromatic rings. The summed E-state index contributed by atoms with van der Waals surface area (Å²) in [7, 11) is 0. The summed E-state index contributed by atoms with van der Waals surface area (Å²) in [6.07, 6.45) is 0.491. The van der Waals surface area contributed by atoms with Gasteiger partial charge in [0.15, 0.2) is 6.10 Å². The lowest BCUT2D eigenvalue weighted by molar-refractivity contribution is -0.123. The number of hydrogen-bond acceptors (Lipinski definition) is 5. The third-order valence-electron chi connectivity index (χ3n) is 3.38. The Bertz CT molecular complexity index is 760. The highest BCUT2D eigenvalue weighted by Gasteiger charge is 2.20. The summed E-state index contributed by atoms with van der Waals surface area (Å²) in [5.41, 5.74) is 0.110. The van der Waals surface area contributed by atoms with E-state index in [4.69, 9.17) is 4.74 Å². The number of nitrogens with zero attached hydrogens (tertiary/aromatic N) is 2. The van der Waals surface area contributed by atoms with Crippen molar-refractivity contribution in [3.63, 3.8) is 0 Å². The molecule has 0 unspecified atom stereocenters. The standard InChI is InChI=1S/C17H19F2N3O4/c1-10(2)22-14(8-9-20-22)21-15(23)11(3)25-16(24)12-4-6-13(7-5-12)26-17(18)19/h4-11,17H,1-3H3,(H,21,23)/t11-/m0/s1. The first-order valence-electron chi connectivity index (χ1n) is 7.88. The maximum Gasteiger partial charge on any atom is 0.387 e. The summed E-state index contributed by atoms with van der Waals surface area (Å²) in [6.45, 7) is 2.30. The van der Waals surface area contributed by atoms with Crippen molar-refractivity contribution in [1.29, 1.82) is 0 Å². The van der Waals surface area contributed by atoms with Gasteiger partial charge in [-0.3, -0.25) is 4.79 Å². The number of anilines is 1. The third kappa shape index (κ3) is 5.01. The maximum absolute atomic E-state index is 12.2. The van der Waals surface area contributed by atoms with E-state index in [0.29, 0.717) is 5.82 Å². The minimum Gasteiger partial charge on any atom is -0.449 e. The van der Waals surface area contributed by atoms with Gasteiger partial charge in [0.05, 0.1) is 11.8 Å². The number of carbonyl (C=O) groups is 2. The molecule has 1 atom stereocenters. The van der Waals surface area contributed by atoms with Gasteiger partial charge in [-0.2, -0.15) is 13.9 Å². The van der Waals surface area contributed by atoms with Crippen LogP contribution in [0.5, 0.6) is 5.75 Å². The van der Waals surface area contributed by atoms with Gasteiger partial charge in [-0.25, -0.2) is 9.48 Å². The molecule has 1 N–H and O–H groups in total. The van der Waals surface area contributed by atoms with E-state index >= 15 is 0 Å². The van der Waals surface area contributed by atoms with Crippen molar-refractivity contribution >= 4 is 17.7 Å². The maximum atomic E-state index is 12.2. The molecule has 0 bridgehead atoms. The largest absolute Gasteiger partial charge is 0.449 e. The van der Waals surface area contributed by atoms with Crippen LogP contribution >= 0.6 is 0 Å². The molecule has 0 aliphatic rings. The summed E-state index contributed by atoms with van der Waals surface area (Å²) in [5.74, 6) is -0.863. The number of halogens is 2. The van der Waals surface area contributed by atoms with Crippen molar-refractivity contribution in [3.8, 4) is 5.75 Å². The van der Waals surface area contributed by atoms with E-state index in [2.05, 4.69) is 15.2 Å². The number of ether oxygens (including phenoxy) is 2. The van der Waals surface area contributed by atoms with E-state index < -0.39 is 24.6 Å². The fourth-order valence-corrected chi connectivity index (χ4v) is 2.11. The summed E-state index contributed by atoms with van der Waals surface area (Å²) in [4.78, 5) is 24.3. The van der Waals surface area contributed by atoms with Crippen LogP contribution in [0.15, 0.2) is 36.5 Å². The molecule has 0 aliphatic heterocycles. The number of esters is 1. The average Bonchev–Trinajstić information content (AvgIpc) is 3.03. The van der Waals surface area contributed by atoms with Crippen molar-refractivity contribution in [3.05, 3.63) is 42.1 Å². The Hall–Kier alpha value is -2.97. The van der Waals surface area contributed by atoms with Crippen molar-refractivity contribution in [2.24, 2.45) is 0 Å². The summed E-state index contributed by atoms with van der Waals surface area (Å²) in [5, 5.41) is 6.73. The quantitative estimate of drug-likeness (QED) is 0.760. The first-order valence-corrected chi connectivity index (χ1v) is 7.88. The van der Waals surface area contributed by atoms with Gasteiger partial charge in [-0.05, 0) is 45.0 Å². The number of aromatic nitrogens is 2. The SMILES string of the molecule is CC(C)n1nccc1NC(=O)[C@H](C)OC(=O)c1ccc(OC(F)F)cc1. The molecule has 1 amide bonds. The molecule has 2 rings (SSSR count). The third-order valence-corrected chi connectivity index (χ3v) is 3.38. The highest BCUT2D eigenvalue weighted by atomic mass is 19.3. The fourth-order valence-electron chi connectivity index (χ4n) is 2.11. The van der Waals surface area contributed by atoms with E-state index in [9.17, 15) is 18.4 Å². The second-order valence-corrected chi connectivity index (χ2v) is 5.69. The summed E-state index contributed by atoms with van der Waals surface area (Å²) >= 11 is 0. The molecule has 26 heavy (non-hydrogen) atoms. The fraction of sp³-hybridized carbons (Fsp3) is 0.353. The lowest BCUT2D eigenvalue weighted by atomic mass is 10.2. The molecule has 1 aromatic carbocycles. The van der Waals surface area contributed by atoms with Crippen LogP contribution in [-0.4, -0.2) is 34.4 Å². The number of benzene rings is 1. The second kappa shape index (κ2) is 8.41. The molecule has 7 nitrogen and oxygen atoms in total. The van der Waals surface area contributed by atoms with Crippen LogP contribution in [0, 0.1) is 0 Å². The number of hydrogen-bond donors (Lipinski definition) is 1. The molecular formula is C17H19F2N3O4. The van der Waals surface area contributed by atoms with Gasteiger partial charge >= 0.3 is 12.6 Å². The van der Waals surface area contributed by atoms with Crippen LogP contribution in [0.4, 0.5) is 14.6 Å². The first-order chi connectivity index (χ1) is 12.3. The Kier molecular flexibility index (Phi) is 6.26. The van der Waals surface area contributed by atoms with Crippen molar-refractivity contribution in [1.82, 2.24) is 9.78 Å². The number of rotatable bonds is 7. The van der Waals surface area contributed by atoms with Gasteiger partial charge in [0, 0.05) is 12.1 Å². The zero-order chi connectivity index (χ0) is 19.3. The molecule has 0 fully saturated rings. The Morgan fingerprint density at radius 3 is 2.35 bits per heavy atom. The van der Waals surface area contributed by atoms with Gasteiger partial charge in [-0.1, -0.05) is 0 Å². The lowest BCUT2D eigenvalue weighted by Gasteiger charge is -2.16. The lowest BCUT2D eigenvalue weighted by Crippen LogP contribution is -2.31. The first kappa shape index (κ1) is 19.4.